The normalized spacial score (nSPS) is 16.4. The summed E-state index contributed by atoms with van der Waals surface area (Å²) in [4.78, 5) is 17.0. The number of hydrogen-bond donors (Lipinski definition) is 0. The maximum Gasteiger partial charge on any atom is 0.233 e. The number of anilines is 1. The number of thioether (sulfide) groups is 1. The van der Waals surface area contributed by atoms with E-state index in [1.165, 1.54) is 18.2 Å². The second kappa shape index (κ2) is 9.56. The highest BCUT2D eigenvalue weighted by Crippen LogP contribution is 2.30. The number of carbonyl (C=O) groups excluding carboxylic acids is 1. The molecule has 162 valence electrons. The standard InChI is InChI=1S/C24H29N5OS/c1-18-10-7-8-15-28(18)22(30)17-31-24-26-25-23(29(24)20-12-5-4-6-13-20)19-11-9-14-21(16-19)27(2)3/h4-6,9,11-14,16,18H,7-8,10,15,17H2,1-3H3/t18-/m1/s1. The molecular formula is C24H29N5OS. The lowest BCUT2D eigenvalue weighted by molar-refractivity contribution is -0.131. The molecule has 6 nitrogen and oxygen atoms in total. The Hall–Kier alpha value is -2.80. The highest BCUT2D eigenvalue weighted by molar-refractivity contribution is 7.99. The van der Waals surface area contributed by atoms with Crippen LogP contribution in [0.4, 0.5) is 5.69 Å². The molecule has 4 rings (SSSR count). The summed E-state index contributed by atoms with van der Waals surface area (Å²) in [5.74, 6) is 1.32. The summed E-state index contributed by atoms with van der Waals surface area (Å²) in [5.41, 5.74) is 3.08. The molecule has 1 fully saturated rings. The topological polar surface area (TPSA) is 54.3 Å². The van der Waals surface area contributed by atoms with E-state index in [-0.39, 0.29) is 5.91 Å². The smallest absolute Gasteiger partial charge is 0.233 e. The van der Waals surface area contributed by atoms with Gasteiger partial charge in [-0.05, 0) is 50.5 Å². The molecule has 0 aliphatic carbocycles. The highest BCUT2D eigenvalue weighted by Gasteiger charge is 2.24. The van der Waals surface area contributed by atoms with Crippen LogP contribution in [0.15, 0.2) is 59.8 Å². The molecule has 0 unspecified atom stereocenters. The molecule has 31 heavy (non-hydrogen) atoms. The first-order chi connectivity index (χ1) is 15.0. The van der Waals surface area contributed by atoms with Crippen molar-refractivity contribution in [1.82, 2.24) is 19.7 Å². The molecule has 2 heterocycles. The van der Waals surface area contributed by atoms with Gasteiger partial charge in [0.2, 0.25) is 5.91 Å². The number of likely N-dealkylation sites (tertiary alicyclic amines) is 1. The molecule has 1 aliphatic heterocycles. The van der Waals surface area contributed by atoms with Crippen molar-refractivity contribution >= 4 is 23.4 Å². The van der Waals surface area contributed by atoms with E-state index in [1.807, 2.05) is 66.0 Å². The largest absolute Gasteiger partial charge is 0.378 e. The maximum atomic E-state index is 12.9. The van der Waals surface area contributed by atoms with E-state index in [0.29, 0.717) is 11.8 Å². The Kier molecular flexibility index (Phi) is 6.61. The minimum Gasteiger partial charge on any atom is -0.378 e. The molecule has 1 aliphatic rings. The maximum absolute atomic E-state index is 12.9. The predicted molar refractivity (Wildman–Crippen MR) is 127 cm³/mol. The van der Waals surface area contributed by atoms with E-state index in [1.54, 1.807) is 0 Å². The van der Waals surface area contributed by atoms with Gasteiger partial charge in [0, 0.05) is 43.6 Å². The third kappa shape index (κ3) is 4.77. The molecule has 3 aromatic rings. The third-order valence-electron chi connectivity index (χ3n) is 5.72. The van der Waals surface area contributed by atoms with Gasteiger partial charge in [-0.15, -0.1) is 10.2 Å². The van der Waals surface area contributed by atoms with Crippen LogP contribution in [0.5, 0.6) is 0 Å². The lowest BCUT2D eigenvalue weighted by atomic mass is 10.0. The number of benzene rings is 2. The van der Waals surface area contributed by atoms with Crippen LogP contribution in [-0.2, 0) is 4.79 Å². The summed E-state index contributed by atoms with van der Waals surface area (Å²) < 4.78 is 2.05. The van der Waals surface area contributed by atoms with Crippen LogP contribution in [-0.4, -0.2) is 58.0 Å². The molecule has 0 radical (unpaired) electrons. The second-order valence-corrected chi connectivity index (χ2v) is 9.09. The van der Waals surface area contributed by atoms with E-state index in [9.17, 15) is 4.79 Å². The van der Waals surface area contributed by atoms with Gasteiger partial charge in [-0.25, -0.2) is 0 Å². The lowest BCUT2D eigenvalue weighted by Gasteiger charge is -2.33. The molecule has 0 bridgehead atoms. The Morgan fingerprint density at radius 2 is 1.90 bits per heavy atom. The average molecular weight is 436 g/mol. The van der Waals surface area contributed by atoms with Crippen LogP contribution in [0.1, 0.15) is 26.2 Å². The van der Waals surface area contributed by atoms with Gasteiger partial charge in [0.15, 0.2) is 11.0 Å². The van der Waals surface area contributed by atoms with Gasteiger partial charge in [0.25, 0.3) is 0 Å². The molecule has 0 N–H and O–H groups in total. The molecule has 0 saturated carbocycles. The summed E-state index contributed by atoms with van der Waals surface area (Å²) >= 11 is 1.46. The van der Waals surface area contributed by atoms with Crippen molar-refractivity contribution in [2.45, 2.75) is 37.4 Å². The van der Waals surface area contributed by atoms with E-state index < -0.39 is 0 Å². The van der Waals surface area contributed by atoms with Gasteiger partial charge in [-0.3, -0.25) is 9.36 Å². The van der Waals surface area contributed by atoms with E-state index >= 15 is 0 Å². The summed E-state index contributed by atoms with van der Waals surface area (Å²) in [7, 11) is 4.05. The lowest BCUT2D eigenvalue weighted by Crippen LogP contribution is -2.42. The number of hydrogen-bond acceptors (Lipinski definition) is 5. The van der Waals surface area contributed by atoms with E-state index in [4.69, 9.17) is 0 Å². The van der Waals surface area contributed by atoms with Crippen molar-refractivity contribution in [3.63, 3.8) is 0 Å². The second-order valence-electron chi connectivity index (χ2n) is 8.14. The first kappa shape index (κ1) is 21.4. The van der Waals surface area contributed by atoms with Crippen molar-refractivity contribution in [1.29, 1.82) is 0 Å². The van der Waals surface area contributed by atoms with Crippen molar-refractivity contribution in [2.75, 3.05) is 31.3 Å². The Morgan fingerprint density at radius 1 is 1.10 bits per heavy atom. The van der Waals surface area contributed by atoms with Crippen molar-refractivity contribution in [3.05, 3.63) is 54.6 Å². The molecule has 1 amide bonds. The number of para-hydroxylation sites is 1. The zero-order chi connectivity index (χ0) is 21.8. The summed E-state index contributed by atoms with van der Waals surface area (Å²) in [6.07, 6.45) is 3.38. The fourth-order valence-corrected chi connectivity index (χ4v) is 4.80. The number of amides is 1. The van der Waals surface area contributed by atoms with Crippen molar-refractivity contribution in [3.8, 4) is 17.1 Å². The Balaban J connectivity index is 1.64. The van der Waals surface area contributed by atoms with Gasteiger partial charge < -0.3 is 9.80 Å². The highest BCUT2D eigenvalue weighted by atomic mass is 32.2. The van der Waals surface area contributed by atoms with Crippen LogP contribution in [0.3, 0.4) is 0 Å². The Morgan fingerprint density at radius 3 is 2.65 bits per heavy atom. The molecule has 2 aromatic carbocycles. The fourth-order valence-electron chi connectivity index (χ4n) is 3.96. The van der Waals surface area contributed by atoms with Gasteiger partial charge in [0.1, 0.15) is 0 Å². The molecular weight excluding hydrogens is 406 g/mol. The summed E-state index contributed by atoms with van der Waals surface area (Å²) in [5, 5.41) is 9.72. The number of rotatable bonds is 6. The zero-order valence-corrected chi connectivity index (χ0v) is 19.2. The number of piperidine rings is 1. The van der Waals surface area contributed by atoms with Crippen LogP contribution >= 0.6 is 11.8 Å². The third-order valence-corrected chi connectivity index (χ3v) is 6.63. The number of nitrogens with zero attached hydrogens (tertiary/aromatic N) is 5. The first-order valence-electron chi connectivity index (χ1n) is 10.8. The van der Waals surface area contributed by atoms with E-state index in [0.717, 1.165) is 47.3 Å². The Bertz CT molecular complexity index is 1030. The summed E-state index contributed by atoms with van der Waals surface area (Å²) in [6.45, 7) is 3.00. The quantitative estimate of drug-likeness (QED) is 0.534. The minimum atomic E-state index is 0.177. The molecule has 1 saturated heterocycles. The van der Waals surface area contributed by atoms with Crippen LogP contribution < -0.4 is 4.90 Å². The van der Waals surface area contributed by atoms with Crippen LogP contribution in [0, 0.1) is 0 Å². The summed E-state index contributed by atoms with van der Waals surface area (Å²) in [6, 6.07) is 18.7. The first-order valence-corrected chi connectivity index (χ1v) is 11.7. The van der Waals surface area contributed by atoms with Crippen molar-refractivity contribution < 1.29 is 4.79 Å². The van der Waals surface area contributed by atoms with Crippen molar-refractivity contribution in [2.24, 2.45) is 0 Å². The van der Waals surface area contributed by atoms with Crippen LogP contribution in [0.2, 0.25) is 0 Å². The number of aromatic nitrogens is 3. The predicted octanol–water partition coefficient (Wildman–Crippen LogP) is 4.49. The fraction of sp³-hybridized carbons (Fsp3) is 0.375. The molecule has 1 aromatic heterocycles. The Labute approximate surface area is 188 Å². The van der Waals surface area contributed by atoms with Gasteiger partial charge in [0.05, 0.1) is 5.75 Å². The number of carbonyl (C=O) groups is 1. The minimum absolute atomic E-state index is 0.177. The van der Waals surface area contributed by atoms with Gasteiger partial charge in [-0.2, -0.15) is 0 Å². The zero-order valence-electron chi connectivity index (χ0n) is 18.4. The molecule has 1 atom stereocenters. The molecule has 7 heteroatoms. The monoisotopic (exact) mass is 435 g/mol. The van der Waals surface area contributed by atoms with E-state index in [2.05, 4.69) is 34.2 Å². The average Bonchev–Trinajstić information content (AvgIpc) is 3.22. The van der Waals surface area contributed by atoms with Crippen LogP contribution in [0.25, 0.3) is 17.1 Å². The SMILES string of the molecule is C[C@@H]1CCCCN1C(=O)CSc1nnc(-c2cccc(N(C)C)c2)n1-c1ccccc1. The molecule has 0 spiro atoms. The van der Waals surface area contributed by atoms with Gasteiger partial charge in [-0.1, -0.05) is 42.1 Å². The van der Waals surface area contributed by atoms with Gasteiger partial charge >= 0.3 is 0 Å².